The highest BCUT2D eigenvalue weighted by molar-refractivity contribution is 5.51. The van der Waals surface area contributed by atoms with Gasteiger partial charge in [-0.3, -0.25) is 0 Å². The van der Waals surface area contributed by atoms with E-state index in [4.69, 9.17) is 5.53 Å². The van der Waals surface area contributed by atoms with Crippen molar-refractivity contribution in [3.8, 4) is 0 Å². The summed E-state index contributed by atoms with van der Waals surface area (Å²) in [5.41, 5.74) is 6.95. The zero-order valence-electron chi connectivity index (χ0n) is 9.15. The number of benzene rings is 1. The SMILES string of the molecule is [N-]=[N+]=NCCC=Cc1cc(C(F)(F)F)ccc1F. The molecule has 96 valence electrons. The Morgan fingerprint density at radius 2 is 2.06 bits per heavy atom. The monoisotopic (exact) mass is 259 g/mol. The van der Waals surface area contributed by atoms with Crippen LogP contribution in [-0.4, -0.2) is 6.54 Å². The summed E-state index contributed by atoms with van der Waals surface area (Å²) >= 11 is 0. The van der Waals surface area contributed by atoms with Gasteiger partial charge in [-0.15, -0.1) is 0 Å². The summed E-state index contributed by atoms with van der Waals surface area (Å²) in [5.74, 6) is -0.733. The van der Waals surface area contributed by atoms with Gasteiger partial charge in [0, 0.05) is 17.0 Å². The van der Waals surface area contributed by atoms with Gasteiger partial charge in [0.1, 0.15) is 5.82 Å². The maximum absolute atomic E-state index is 13.2. The molecule has 0 fully saturated rings. The zero-order chi connectivity index (χ0) is 13.6. The number of halogens is 4. The maximum Gasteiger partial charge on any atom is 0.416 e. The highest BCUT2D eigenvalue weighted by atomic mass is 19.4. The number of rotatable bonds is 4. The fourth-order valence-corrected chi connectivity index (χ4v) is 1.24. The Bertz CT molecular complexity index is 488. The predicted molar refractivity (Wildman–Crippen MR) is 59.1 cm³/mol. The molecule has 0 aliphatic rings. The largest absolute Gasteiger partial charge is 0.416 e. The second kappa shape index (κ2) is 6.07. The third-order valence-corrected chi connectivity index (χ3v) is 2.08. The van der Waals surface area contributed by atoms with Crippen LogP contribution in [0.3, 0.4) is 0 Å². The summed E-state index contributed by atoms with van der Waals surface area (Å²) in [6.07, 6.45) is -1.48. The normalized spacial score (nSPS) is 11.6. The minimum Gasteiger partial charge on any atom is -0.206 e. The van der Waals surface area contributed by atoms with Crippen molar-refractivity contribution in [1.82, 2.24) is 0 Å². The number of alkyl halides is 3. The molecule has 0 aliphatic heterocycles. The molecule has 0 spiro atoms. The van der Waals surface area contributed by atoms with Gasteiger partial charge in [-0.2, -0.15) is 13.2 Å². The summed E-state index contributed by atoms with van der Waals surface area (Å²) in [6.45, 7) is 0.174. The highest BCUT2D eigenvalue weighted by Crippen LogP contribution is 2.30. The minimum absolute atomic E-state index is 0.147. The smallest absolute Gasteiger partial charge is 0.206 e. The molecule has 1 aromatic carbocycles. The summed E-state index contributed by atoms with van der Waals surface area (Å²) in [6, 6.07) is 2.20. The zero-order valence-corrected chi connectivity index (χ0v) is 9.15. The summed E-state index contributed by atoms with van der Waals surface area (Å²) in [4.78, 5) is 2.51. The van der Waals surface area contributed by atoms with E-state index < -0.39 is 17.6 Å². The van der Waals surface area contributed by atoms with Crippen molar-refractivity contribution in [2.75, 3.05) is 6.54 Å². The van der Waals surface area contributed by atoms with E-state index in [1.165, 1.54) is 12.2 Å². The van der Waals surface area contributed by atoms with Crippen LogP contribution in [0.4, 0.5) is 17.6 Å². The molecule has 1 rings (SSSR count). The van der Waals surface area contributed by atoms with E-state index in [2.05, 4.69) is 10.0 Å². The van der Waals surface area contributed by atoms with Crippen molar-refractivity contribution in [1.29, 1.82) is 0 Å². The molecule has 0 heterocycles. The van der Waals surface area contributed by atoms with Crippen molar-refractivity contribution in [3.63, 3.8) is 0 Å². The maximum atomic E-state index is 13.2. The molecule has 0 radical (unpaired) electrons. The van der Waals surface area contributed by atoms with Gasteiger partial charge in [-0.25, -0.2) is 4.39 Å². The molecule has 0 aromatic heterocycles. The predicted octanol–water partition coefficient (Wildman–Crippen LogP) is 4.56. The lowest BCUT2D eigenvalue weighted by Gasteiger charge is -2.07. The third-order valence-electron chi connectivity index (χ3n) is 2.08. The Kier molecular flexibility index (Phi) is 4.74. The molecule has 0 saturated heterocycles. The van der Waals surface area contributed by atoms with Gasteiger partial charge in [0.25, 0.3) is 0 Å². The standard InChI is InChI=1S/C11H9F4N3/c12-10-5-4-9(11(13,14)15)7-8(10)3-1-2-6-17-18-16/h1,3-5,7H,2,6H2. The first-order valence-corrected chi connectivity index (χ1v) is 4.99. The van der Waals surface area contributed by atoms with Crippen LogP contribution in [0.25, 0.3) is 16.5 Å². The fourth-order valence-electron chi connectivity index (χ4n) is 1.24. The first-order valence-electron chi connectivity index (χ1n) is 4.99. The van der Waals surface area contributed by atoms with Crippen molar-refractivity contribution in [3.05, 3.63) is 51.7 Å². The molecule has 1 aromatic rings. The van der Waals surface area contributed by atoms with Crippen LogP contribution in [0.2, 0.25) is 0 Å². The highest BCUT2D eigenvalue weighted by Gasteiger charge is 2.30. The molecule has 0 aliphatic carbocycles. The van der Waals surface area contributed by atoms with E-state index in [1.54, 1.807) is 0 Å². The number of hydrogen-bond acceptors (Lipinski definition) is 1. The lowest BCUT2D eigenvalue weighted by atomic mass is 10.1. The lowest BCUT2D eigenvalue weighted by molar-refractivity contribution is -0.137. The van der Waals surface area contributed by atoms with Crippen LogP contribution in [-0.2, 0) is 6.18 Å². The summed E-state index contributed by atoms with van der Waals surface area (Å²) in [7, 11) is 0. The van der Waals surface area contributed by atoms with Crippen LogP contribution in [0.5, 0.6) is 0 Å². The van der Waals surface area contributed by atoms with Crippen LogP contribution >= 0.6 is 0 Å². The van der Waals surface area contributed by atoms with E-state index in [1.807, 2.05) is 0 Å². The Labute approximate surface area is 100 Å². The molecular weight excluding hydrogens is 250 g/mol. The Hall–Kier alpha value is -2.01. The molecule has 0 bridgehead atoms. The van der Waals surface area contributed by atoms with E-state index in [-0.39, 0.29) is 12.1 Å². The van der Waals surface area contributed by atoms with Gasteiger partial charge in [-0.05, 0) is 30.2 Å². The van der Waals surface area contributed by atoms with Crippen LogP contribution in [0.15, 0.2) is 29.4 Å². The number of hydrogen-bond donors (Lipinski definition) is 0. The van der Waals surface area contributed by atoms with Crippen LogP contribution in [0, 0.1) is 5.82 Å². The molecular formula is C11H9F4N3. The summed E-state index contributed by atoms with van der Waals surface area (Å²) in [5, 5.41) is 3.24. The molecule has 18 heavy (non-hydrogen) atoms. The number of nitrogens with zero attached hydrogens (tertiary/aromatic N) is 3. The van der Waals surface area contributed by atoms with Gasteiger partial charge in [0.05, 0.1) is 5.56 Å². The fraction of sp³-hybridized carbons (Fsp3) is 0.273. The average molecular weight is 259 g/mol. The van der Waals surface area contributed by atoms with Gasteiger partial charge in [0.15, 0.2) is 0 Å². The minimum atomic E-state index is -4.50. The second-order valence-corrected chi connectivity index (χ2v) is 3.38. The second-order valence-electron chi connectivity index (χ2n) is 3.38. The van der Waals surface area contributed by atoms with E-state index >= 15 is 0 Å². The summed E-state index contributed by atoms with van der Waals surface area (Å²) < 4.78 is 50.4. The molecule has 0 unspecified atom stereocenters. The first kappa shape index (κ1) is 14.1. The van der Waals surface area contributed by atoms with Gasteiger partial charge in [-0.1, -0.05) is 17.3 Å². The quantitative estimate of drug-likeness (QED) is 0.250. The third kappa shape index (κ3) is 4.10. The molecule has 3 nitrogen and oxygen atoms in total. The number of azide groups is 1. The van der Waals surface area contributed by atoms with Gasteiger partial charge < -0.3 is 0 Å². The Morgan fingerprint density at radius 3 is 2.67 bits per heavy atom. The van der Waals surface area contributed by atoms with Crippen LogP contribution < -0.4 is 0 Å². The van der Waals surface area contributed by atoms with Gasteiger partial charge in [0.2, 0.25) is 0 Å². The van der Waals surface area contributed by atoms with Crippen molar-refractivity contribution >= 4 is 6.08 Å². The van der Waals surface area contributed by atoms with E-state index in [0.717, 1.165) is 12.1 Å². The lowest BCUT2D eigenvalue weighted by Crippen LogP contribution is -2.05. The van der Waals surface area contributed by atoms with Crippen molar-refractivity contribution in [2.24, 2.45) is 5.11 Å². The first-order chi connectivity index (χ1) is 8.45. The molecule has 0 saturated carbocycles. The molecule has 7 heteroatoms. The van der Waals surface area contributed by atoms with Crippen LogP contribution in [0.1, 0.15) is 17.5 Å². The average Bonchev–Trinajstić information content (AvgIpc) is 2.29. The van der Waals surface area contributed by atoms with E-state index in [0.29, 0.717) is 12.5 Å². The molecule has 0 atom stereocenters. The van der Waals surface area contributed by atoms with E-state index in [9.17, 15) is 17.6 Å². The van der Waals surface area contributed by atoms with Crippen molar-refractivity contribution in [2.45, 2.75) is 12.6 Å². The molecule has 0 amide bonds. The Balaban J connectivity index is 2.84. The topological polar surface area (TPSA) is 48.8 Å². The molecule has 0 N–H and O–H groups in total. The van der Waals surface area contributed by atoms with Gasteiger partial charge >= 0.3 is 6.18 Å². The van der Waals surface area contributed by atoms with Crippen molar-refractivity contribution < 1.29 is 17.6 Å². The Morgan fingerprint density at radius 1 is 1.33 bits per heavy atom.